The van der Waals surface area contributed by atoms with Crippen LogP contribution in [0.3, 0.4) is 0 Å². The van der Waals surface area contributed by atoms with Crippen LogP contribution in [0.15, 0.2) is 31.4 Å². The zero-order chi connectivity index (χ0) is 12.3. The van der Waals surface area contributed by atoms with Crippen LogP contribution in [0.5, 0.6) is 0 Å². The van der Waals surface area contributed by atoms with E-state index < -0.39 is 0 Å². The van der Waals surface area contributed by atoms with Crippen molar-refractivity contribution in [2.24, 2.45) is 0 Å². The summed E-state index contributed by atoms with van der Waals surface area (Å²) in [5.74, 6) is 0.451. The largest absolute Gasteiger partial charge is 0.206 e. The maximum atomic E-state index is 13.3. The molecule has 0 saturated carbocycles. The molecule has 90 valence electrons. The van der Waals surface area contributed by atoms with Gasteiger partial charge < -0.3 is 0 Å². The predicted octanol–water partition coefficient (Wildman–Crippen LogP) is 4.45. The van der Waals surface area contributed by atoms with E-state index in [0.29, 0.717) is 10.2 Å². The van der Waals surface area contributed by atoms with Gasteiger partial charge in [0.2, 0.25) is 0 Å². The summed E-state index contributed by atoms with van der Waals surface area (Å²) in [6.45, 7) is 0. The number of nitrogens with zero attached hydrogens (tertiary/aromatic N) is 2. The number of thioether (sulfide) groups is 2. The van der Waals surface area contributed by atoms with E-state index in [-0.39, 0.29) is 5.82 Å². The van der Waals surface area contributed by atoms with Gasteiger partial charge >= 0.3 is 0 Å². The van der Waals surface area contributed by atoms with Crippen LogP contribution >= 0.6 is 50.8 Å². The smallest absolute Gasteiger partial charge is 0.175 e. The lowest BCUT2D eigenvalue weighted by Crippen LogP contribution is -1.86. The highest BCUT2D eigenvalue weighted by molar-refractivity contribution is 9.10. The van der Waals surface area contributed by atoms with Gasteiger partial charge in [0.25, 0.3) is 0 Å². The molecule has 0 atom stereocenters. The fourth-order valence-corrected chi connectivity index (χ4v) is 4.16. The summed E-state index contributed by atoms with van der Waals surface area (Å²) in [5, 5.41) is 8.07. The van der Waals surface area contributed by atoms with Crippen molar-refractivity contribution in [3.8, 4) is 0 Å². The second kappa shape index (κ2) is 6.17. The van der Waals surface area contributed by atoms with Crippen LogP contribution in [0.25, 0.3) is 0 Å². The lowest BCUT2D eigenvalue weighted by Gasteiger charge is -2.02. The lowest BCUT2D eigenvalue weighted by atomic mass is 10.2. The first-order chi connectivity index (χ1) is 8.20. The Labute approximate surface area is 120 Å². The van der Waals surface area contributed by atoms with Crippen molar-refractivity contribution in [3.63, 3.8) is 0 Å². The van der Waals surface area contributed by atoms with Gasteiger partial charge in [-0.2, -0.15) is 0 Å². The number of rotatable bonds is 4. The highest BCUT2D eigenvalue weighted by Crippen LogP contribution is 2.32. The van der Waals surface area contributed by atoms with Gasteiger partial charge in [-0.25, -0.2) is 4.39 Å². The Morgan fingerprint density at radius 1 is 1.35 bits per heavy atom. The van der Waals surface area contributed by atoms with Crippen LogP contribution in [0.1, 0.15) is 5.56 Å². The molecule has 17 heavy (non-hydrogen) atoms. The first-order valence-electron chi connectivity index (χ1n) is 4.64. The number of benzene rings is 1. The Kier molecular flexibility index (Phi) is 4.84. The maximum absolute atomic E-state index is 13.3. The Hall–Kier alpha value is -0.110. The summed E-state index contributed by atoms with van der Waals surface area (Å²) in [6.07, 6.45) is 1.97. The normalized spacial score (nSPS) is 10.8. The van der Waals surface area contributed by atoms with E-state index >= 15 is 0 Å². The molecule has 2 aromatic rings. The van der Waals surface area contributed by atoms with E-state index in [0.717, 1.165) is 14.2 Å². The summed E-state index contributed by atoms with van der Waals surface area (Å²) in [6, 6.07) is 5.05. The van der Waals surface area contributed by atoms with Crippen LogP contribution in [0.2, 0.25) is 0 Å². The van der Waals surface area contributed by atoms with Crippen LogP contribution in [0.4, 0.5) is 4.39 Å². The molecule has 7 heteroatoms. The van der Waals surface area contributed by atoms with Gasteiger partial charge in [0, 0.05) is 5.75 Å². The predicted molar refractivity (Wildman–Crippen MR) is 75.4 cm³/mol. The fraction of sp³-hybridized carbons (Fsp3) is 0.200. The lowest BCUT2D eigenvalue weighted by molar-refractivity contribution is 0.619. The first kappa shape index (κ1) is 13.3. The Bertz CT molecular complexity index is 518. The average molecular weight is 351 g/mol. The van der Waals surface area contributed by atoms with Gasteiger partial charge in [0.1, 0.15) is 5.82 Å². The van der Waals surface area contributed by atoms with E-state index in [9.17, 15) is 4.39 Å². The molecule has 0 fully saturated rings. The fourth-order valence-electron chi connectivity index (χ4n) is 1.14. The second-order valence-corrected chi connectivity index (χ2v) is 7.09. The molecule has 0 aliphatic carbocycles. The van der Waals surface area contributed by atoms with Crippen molar-refractivity contribution in [2.75, 3.05) is 6.26 Å². The quantitative estimate of drug-likeness (QED) is 0.760. The highest BCUT2D eigenvalue weighted by Gasteiger charge is 2.08. The number of aromatic nitrogens is 2. The summed E-state index contributed by atoms with van der Waals surface area (Å²) in [4.78, 5) is 0. The molecule has 0 N–H and O–H groups in total. The summed E-state index contributed by atoms with van der Waals surface area (Å²) < 4.78 is 15.7. The molecule has 0 spiro atoms. The molecule has 0 aliphatic rings. The molecule has 2 rings (SSSR count). The van der Waals surface area contributed by atoms with E-state index in [1.165, 1.54) is 6.07 Å². The number of halogens is 2. The number of hydrogen-bond donors (Lipinski definition) is 0. The summed E-state index contributed by atoms with van der Waals surface area (Å²) in [5.41, 5.74) is 0.927. The van der Waals surface area contributed by atoms with Gasteiger partial charge in [-0.15, -0.1) is 10.2 Å². The molecule has 0 bridgehead atoms. The third-order valence-corrected chi connectivity index (χ3v) is 5.91. The topological polar surface area (TPSA) is 25.8 Å². The van der Waals surface area contributed by atoms with E-state index in [1.54, 1.807) is 40.9 Å². The molecule has 2 nitrogen and oxygen atoms in total. The van der Waals surface area contributed by atoms with Crippen molar-refractivity contribution in [2.45, 2.75) is 14.4 Å². The van der Waals surface area contributed by atoms with Crippen molar-refractivity contribution in [3.05, 3.63) is 34.1 Å². The zero-order valence-corrected chi connectivity index (χ0v) is 12.8. The van der Waals surface area contributed by atoms with Crippen LogP contribution < -0.4 is 0 Å². The highest BCUT2D eigenvalue weighted by atomic mass is 79.9. The van der Waals surface area contributed by atoms with Crippen molar-refractivity contribution >= 4 is 50.8 Å². The molecule has 0 unspecified atom stereocenters. The molecule has 0 radical (unpaired) electrons. The average Bonchev–Trinajstić information content (AvgIpc) is 2.79. The standard InChI is InChI=1S/C10H8BrFN2S3/c1-15-9-13-14-10(17-9)16-5-6-3-2-4-7(12)8(6)11/h2-4H,5H2,1H3. The molecule has 1 aromatic heterocycles. The van der Waals surface area contributed by atoms with Gasteiger partial charge in [-0.05, 0) is 33.8 Å². The van der Waals surface area contributed by atoms with E-state index in [2.05, 4.69) is 26.1 Å². The zero-order valence-electron chi connectivity index (χ0n) is 8.81. The van der Waals surface area contributed by atoms with Crippen molar-refractivity contribution in [1.82, 2.24) is 10.2 Å². The molecule has 1 heterocycles. The Balaban J connectivity index is 2.04. The summed E-state index contributed by atoms with van der Waals surface area (Å²) >= 11 is 7.95. The van der Waals surface area contributed by atoms with E-state index in [4.69, 9.17) is 0 Å². The van der Waals surface area contributed by atoms with Crippen molar-refractivity contribution in [1.29, 1.82) is 0 Å². The maximum Gasteiger partial charge on any atom is 0.175 e. The molecular formula is C10H8BrFN2S3. The minimum atomic E-state index is -0.231. The Morgan fingerprint density at radius 3 is 2.82 bits per heavy atom. The minimum Gasteiger partial charge on any atom is -0.206 e. The molecule has 0 aliphatic heterocycles. The number of hydrogen-bond acceptors (Lipinski definition) is 5. The summed E-state index contributed by atoms with van der Waals surface area (Å²) in [7, 11) is 0. The van der Waals surface area contributed by atoms with Gasteiger partial charge in [0.15, 0.2) is 8.68 Å². The first-order valence-corrected chi connectivity index (χ1v) is 8.46. The van der Waals surface area contributed by atoms with Crippen LogP contribution in [0, 0.1) is 5.82 Å². The van der Waals surface area contributed by atoms with Crippen LogP contribution in [-0.4, -0.2) is 16.5 Å². The van der Waals surface area contributed by atoms with E-state index in [1.807, 2.05) is 12.3 Å². The SMILES string of the molecule is CSc1nnc(SCc2cccc(F)c2Br)s1. The molecular weight excluding hydrogens is 343 g/mol. The molecule has 0 amide bonds. The minimum absolute atomic E-state index is 0.231. The van der Waals surface area contributed by atoms with Gasteiger partial charge in [0.05, 0.1) is 4.47 Å². The Morgan fingerprint density at radius 2 is 2.12 bits per heavy atom. The third-order valence-electron chi connectivity index (χ3n) is 1.95. The molecule has 0 saturated heterocycles. The monoisotopic (exact) mass is 350 g/mol. The molecule has 1 aromatic carbocycles. The van der Waals surface area contributed by atoms with Crippen molar-refractivity contribution < 1.29 is 4.39 Å². The van der Waals surface area contributed by atoms with Crippen LogP contribution in [-0.2, 0) is 5.75 Å². The van der Waals surface area contributed by atoms with Gasteiger partial charge in [-0.1, -0.05) is 47.0 Å². The third kappa shape index (κ3) is 3.43. The van der Waals surface area contributed by atoms with Gasteiger partial charge in [-0.3, -0.25) is 0 Å². The second-order valence-electron chi connectivity index (χ2n) is 3.04.